The predicted octanol–water partition coefficient (Wildman–Crippen LogP) is 1.23. The number of isocyanates is 2. The molecule has 4 nitrogen and oxygen atoms in total. The van der Waals surface area contributed by atoms with E-state index in [1.54, 1.807) is 0 Å². The maximum absolute atomic E-state index is 10.00. The predicted molar refractivity (Wildman–Crippen MR) is 50.2 cm³/mol. The van der Waals surface area contributed by atoms with Crippen molar-refractivity contribution in [3.05, 3.63) is 35.9 Å². The van der Waals surface area contributed by atoms with Gasteiger partial charge >= 0.3 is 0 Å². The van der Waals surface area contributed by atoms with Crippen molar-refractivity contribution in [1.82, 2.24) is 0 Å². The lowest BCUT2D eigenvalue weighted by Gasteiger charge is -2.02. The topological polar surface area (TPSA) is 58.9 Å². The first-order valence-electron chi connectivity index (χ1n) is 4.04. The smallest absolute Gasteiger partial charge is 0.211 e. The lowest BCUT2D eigenvalue weighted by Crippen LogP contribution is -2.04. The fourth-order valence-electron chi connectivity index (χ4n) is 1.07. The molecule has 0 spiro atoms. The third kappa shape index (κ3) is 3.15. The van der Waals surface area contributed by atoms with Gasteiger partial charge in [-0.15, -0.1) is 0 Å². The molecule has 0 saturated carbocycles. The summed E-state index contributed by atoms with van der Waals surface area (Å²) in [4.78, 5) is 26.7. The van der Waals surface area contributed by atoms with E-state index in [0.29, 0.717) is 6.42 Å². The quantitative estimate of drug-likeness (QED) is 0.527. The summed E-state index contributed by atoms with van der Waals surface area (Å²) < 4.78 is 0. The lowest BCUT2D eigenvalue weighted by atomic mass is 10.1. The zero-order chi connectivity index (χ0) is 10.2. The van der Waals surface area contributed by atoms with E-state index in [0.717, 1.165) is 5.56 Å². The van der Waals surface area contributed by atoms with Gasteiger partial charge in [0.05, 0.1) is 0 Å². The fourth-order valence-corrected chi connectivity index (χ4v) is 1.07. The Morgan fingerprint density at radius 1 is 1.07 bits per heavy atom. The van der Waals surface area contributed by atoms with Crippen molar-refractivity contribution in [2.24, 2.45) is 9.98 Å². The summed E-state index contributed by atoms with van der Waals surface area (Å²) in [5.41, 5.74) is 0.954. The molecule has 1 aromatic rings. The molecular formula is C10H8N2O2. The first kappa shape index (κ1) is 10.1. The molecule has 1 aromatic carbocycles. The Bertz CT molecular complexity index is 358. The molecule has 0 amide bonds. The van der Waals surface area contributed by atoms with E-state index >= 15 is 0 Å². The standard InChI is InChI=1S/C10H8N2O2/c13-7-11-10(12-8-14)6-9-4-2-1-3-5-9/h1-5,10H,6H2. The average Bonchev–Trinajstić information content (AvgIpc) is 2.20. The third-order valence-corrected chi connectivity index (χ3v) is 1.66. The Morgan fingerprint density at radius 3 is 2.14 bits per heavy atom. The van der Waals surface area contributed by atoms with Gasteiger partial charge in [-0.3, -0.25) is 0 Å². The van der Waals surface area contributed by atoms with Crippen LogP contribution in [0.15, 0.2) is 40.3 Å². The van der Waals surface area contributed by atoms with Crippen LogP contribution in [0, 0.1) is 0 Å². The molecule has 0 aliphatic heterocycles. The van der Waals surface area contributed by atoms with Gasteiger partial charge in [-0.1, -0.05) is 30.3 Å². The maximum atomic E-state index is 10.00. The Morgan fingerprint density at radius 2 is 1.64 bits per heavy atom. The molecule has 0 aliphatic rings. The highest BCUT2D eigenvalue weighted by Gasteiger charge is 2.04. The van der Waals surface area contributed by atoms with Crippen molar-refractivity contribution in [3.63, 3.8) is 0 Å². The van der Waals surface area contributed by atoms with Crippen LogP contribution in [0.3, 0.4) is 0 Å². The minimum Gasteiger partial charge on any atom is -0.211 e. The van der Waals surface area contributed by atoms with Gasteiger partial charge < -0.3 is 0 Å². The van der Waals surface area contributed by atoms with Gasteiger partial charge in [-0.2, -0.15) is 9.98 Å². The normalized spacial score (nSPS) is 10.9. The van der Waals surface area contributed by atoms with Gasteiger partial charge in [0.15, 0.2) is 6.17 Å². The largest absolute Gasteiger partial charge is 0.237 e. The molecular weight excluding hydrogens is 180 g/mol. The molecule has 4 heteroatoms. The first-order chi connectivity index (χ1) is 6.86. The summed E-state index contributed by atoms with van der Waals surface area (Å²) in [7, 11) is 0. The number of hydrogen-bond acceptors (Lipinski definition) is 4. The SMILES string of the molecule is O=C=NC(Cc1ccccc1)N=C=O. The molecule has 0 aromatic heterocycles. The molecule has 0 saturated heterocycles. The van der Waals surface area contributed by atoms with Crippen LogP contribution in [-0.4, -0.2) is 18.3 Å². The highest BCUT2D eigenvalue weighted by atomic mass is 16.1. The lowest BCUT2D eigenvalue weighted by molar-refractivity contribution is 0.548. The van der Waals surface area contributed by atoms with Gasteiger partial charge in [0, 0.05) is 6.42 Å². The Labute approximate surface area is 81.0 Å². The molecule has 14 heavy (non-hydrogen) atoms. The van der Waals surface area contributed by atoms with Crippen LogP contribution in [0.25, 0.3) is 0 Å². The molecule has 0 N–H and O–H groups in total. The molecule has 0 heterocycles. The van der Waals surface area contributed by atoms with Crippen LogP contribution in [0.4, 0.5) is 0 Å². The average molecular weight is 188 g/mol. The third-order valence-electron chi connectivity index (χ3n) is 1.66. The van der Waals surface area contributed by atoms with E-state index in [1.165, 1.54) is 12.2 Å². The van der Waals surface area contributed by atoms with E-state index < -0.39 is 6.17 Å². The molecule has 0 aliphatic carbocycles. The van der Waals surface area contributed by atoms with Gasteiger partial charge in [0.25, 0.3) is 0 Å². The van der Waals surface area contributed by atoms with Crippen LogP contribution < -0.4 is 0 Å². The molecule has 70 valence electrons. The van der Waals surface area contributed by atoms with Crippen LogP contribution in [0.5, 0.6) is 0 Å². The summed E-state index contributed by atoms with van der Waals surface area (Å²) in [6.07, 6.45) is 2.46. The minimum atomic E-state index is -0.701. The van der Waals surface area contributed by atoms with E-state index in [-0.39, 0.29) is 0 Å². The zero-order valence-corrected chi connectivity index (χ0v) is 7.38. The Hall–Kier alpha value is -2.02. The highest BCUT2D eigenvalue weighted by molar-refractivity contribution is 5.37. The minimum absolute atomic E-state index is 0.408. The second-order valence-corrected chi connectivity index (χ2v) is 2.61. The van der Waals surface area contributed by atoms with Crippen molar-refractivity contribution < 1.29 is 9.59 Å². The van der Waals surface area contributed by atoms with Crippen molar-refractivity contribution in [1.29, 1.82) is 0 Å². The van der Waals surface area contributed by atoms with Gasteiger partial charge in [-0.25, -0.2) is 9.59 Å². The summed E-state index contributed by atoms with van der Waals surface area (Å²) in [5.74, 6) is 0. The summed E-state index contributed by atoms with van der Waals surface area (Å²) in [6.45, 7) is 0. The van der Waals surface area contributed by atoms with Crippen molar-refractivity contribution in [3.8, 4) is 0 Å². The second-order valence-electron chi connectivity index (χ2n) is 2.61. The molecule has 1 rings (SSSR count). The second kappa shape index (κ2) is 5.60. The van der Waals surface area contributed by atoms with E-state index in [4.69, 9.17) is 0 Å². The summed E-state index contributed by atoms with van der Waals surface area (Å²) in [6, 6.07) is 9.34. The molecule has 0 fully saturated rings. The van der Waals surface area contributed by atoms with E-state index in [2.05, 4.69) is 9.98 Å². The number of aliphatic imine (C=N–C) groups is 2. The fraction of sp³-hybridized carbons (Fsp3) is 0.200. The summed E-state index contributed by atoms with van der Waals surface area (Å²) in [5, 5.41) is 0. The number of rotatable bonds is 4. The number of nitrogens with zero attached hydrogens (tertiary/aromatic N) is 2. The highest BCUT2D eigenvalue weighted by Crippen LogP contribution is 2.05. The summed E-state index contributed by atoms with van der Waals surface area (Å²) >= 11 is 0. The molecule has 0 atom stereocenters. The number of hydrogen-bond donors (Lipinski definition) is 0. The first-order valence-corrected chi connectivity index (χ1v) is 4.04. The Balaban J connectivity index is 2.74. The van der Waals surface area contributed by atoms with Crippen molar-refractivity contribution >= 4 is 12.2 Å². The van der Waals surface area contributed by atoms with Crippen LogP contribution in [-0.2, 0) is 16.0 Å². The molecule has 0 radical (unpaired) electrons. The van der Waals surface area contributed by atoms with Crippen LogP contribution in [0.1, 0.15) is 5.56 Å². The monoisotopic (exact) mass is 188 g/mol. The van der Waals surface area contributed by atoms with E-state index in [1.807, 2.05) is 30.3 Å². The van der Waals surface area contributed by atoms with Crippen LogP contribution >= 0.6 is 0 Å². The molecule has 0 bridgehead atoms. The van der Waals surface area contributed by atoms with Crippen molar-refractivity contribution in [2.75, 3.05) is 0 Å². The van der Waals surface area contributed by atoms with Gasteiger partial charge in [0.1, 0.15) is 0 Å². The van der Waals surface area contributed by atoms with Gasteiger partial charge in [-0.05, 0) is 5.56 Å². The maximum Gasteiger partial charge on any atom is 0.237 e. The van der Waals surface area contributed by atoms with Gasteiger partial charge in [0.2, 0.25) is 12.2 Å². The van der Waals surface area contributed by atoms with Crippen molar-refractivity contribution in [2.45, 2.75) is 12.6 Å². The Kier molecular flexibility index (Phi) is 4.02. The number of benzene rings is 1. The van der Waals surface area contributed by atoms with Crippen LogP contribution in [0.2, 0.25) is 0 Å². The molecule has 0 unspecified atom stereocenters. The zero-order valence-electron chi connectivity index (χ0n) is 7.38. The number of carbonyl (C=O) groups excluding carboxylic acids is 2. The van der Waals surface area contributed by atoms with E-state index in [9.17, 15) is 9.59 Å².